The molecule has 1 aromatic heterocycles. The summed E-state index contributed by atoms with van der Waals surface area (Å²) in [7, 11) is 1.55. The molecule has 0 radical (unpaired) electrons. The second kappa shape index (κ2) is 8.98. The van der Waals surface area contributed by atoms with Gasteiger partial charge in [0.25, 0.3) is 0 Å². The van der Waals surface area contributed by atoms with E-state index in [2.05, 4.69) is 4.98 Å². The number of thioether (sulfide) groups is 1. The van der Waals surface area contributed by atoms with Gasteiger partial charge in [0.15, 0.2) is 0 Å². The van der Waals surface area contributed by atoms with Crippen LogP contribution < -0.4 is 4.74 Å². The Hall–Kier alpha value is -2.16. The van der Waals surface area contributed by atoms with Crippen molar-refractivity contribution in [2.45, 2.75) is 31.1 Å². The molecule has 0 aliphatic heterocycles. The SMILES string of the molecule is CCOc1ccc(SCC(=O)N(C)Cc2nccn2CC(F)(F)F)cc1. The molecule has 1 amide bonds. The second-order valence-electron chi connectivity index (χ2n) is 5.53. The third-order valence-electron chi connectivity index (χ3n) is 3.45. The number of hydrogen-bond donors (Lipinski definition) is 0. The number of benzene rings is 1. The van der Waals surface area contributed by atoms with Gasteiger partial charge in [-0.2, -0.15) is 13.2 Å². The Labute approximate surface area is 154 Å². The summed E-state index contributed by atoms with van der Waals surface area (Å²) in [6.45, 7) is 1.38. The van der Waals surface area contributed by atoms with Crippen LogP contribution in [0.25, 0.3) is 0 Å². The fourth-order valence-electron chi connectivity index (χ4n) is 2.18. The third-order valence-corrected chi connectivity index (χ3v) is 4.45. The van der Waals surface area contributed by atoms with Gasteiger partial charge in [0.05, 0.1) is 18.9 Å². The molecule has 0 aliphatic rings. The minimum Gasteiger partial charge on any atom is -0.494 e. The van der Waals surface area contributed by atoms with E-state index in [-0.39, 0.29) is 24.0 Å². The Bertz CT molecular complexity index is 717. The molecule has 0 fully saturated rings. The zero-order chi connectivity index (χ0) is 19.2. The molecule has 0 N–H and O–H groups in total. The number of rotatable bonds is 8. The van der Waals surface area contributed by atoms with E-state index in [1.807, 2.05) is 31.2 Å². The van der Waals surface area contributed by atoms with Gasteiger partial charge >= 0.3 is 6.18 Å². The lowest BCUT2D eigenvalue weighted by atomic mass is 10.3. The van der Waals surface area contributed by atoms with Crippen molar-refractivity contribution in [1.29, 1.82) is 0 Å². The van der Waals surface area contributed by atoms with Crippen LogP contribution in [0.3, 0.4) is 0 Å². The van der Waals surface area contributed by atoms with Crippen LogP contribution in [0, 0.1) is 0 Å². The molecule has 0 saturated carbocycles. The molecule has 1 aromatic carbocycles. The van der Waals surface area contributed by atoms with Crippen molar-refractivity contribution < 1.29 is 22.7 Å². The minimum atomic E-state index is -4.33. The first-order valence-electron chi connectivity index (χ1n) is 7.95. The van der Waals surface area contributed by atoms with E-state index < -0.39 is 12.7 Å². The number of halogens is 3. The van der Waals surface area contributed by atoms with Crippen molar-refractivity contribution in [1.82, 2.24) is 14.5 Å². The van der Waals surface area contributed by atoms with Gasteiger partial charge in [-0.05, 0) is 31.2 Å². The van der Waals surface area contributed by atoms with Gasteiger partial charge in [-0.25, -0.2) is 4.98 Å². The Morgan fingerprint density at radius 2 is 2.00 bits per heavy atom. The highest BCUT2D eigenvalue weighted by Gasteiger charge is 2.29. The number of aromatic nitrogens is 2. The van der Waals surface area contributed by atoms with E-state index in [1.165, 1.54) is 29.1 Å². The van der Waals surface area contributed by atoms with E-state index in [0.717, 1.165) is 15.2 Å². The van der Waals surface area contributed by atoms with Crippen LogP contribution in [-0.4, -0.2) is 45.9 Å². The molecule has 0 spiro atoms. The number of carbonyl (C=O) groups excluding carboxylic acids is 1. The van der Waals surface area contributed by atoms with Gasteiger partial charge in [0.2, 0.25) is 5.91 Å². The third kappa shape index (κ3) is 6.29. The smallest absolute Gasteiger partial charge is 0.406 e. The van der Waals surface area contributed by atoms with Crippen LogP contribution in [0.2, 0.25) is 0 Å². The maximum absolute atomic E-state index is 12.5. The molecule has 9 heteroatoms. The minimum absolute atomic E-state index is 0.0196. The van der Waals surface area contributed by atoms with Gasteiger partial charge in [0.1, 0.15) is 18.1 Å². The van der Waals surface area contributed by atoms with Crippen LogP contribution in [0.5, 0.6) is 5.75 Å². The Morgan fingerprint density at radius 3 is 2.62 bits per heavy atom. The van der Waals surface area contributed by atoms with Gasteiger partial charge in [-0.15, -0.1) is 11.8 Å². The summed E-state index contributed by atoms with van der Waals surface area (Å²) in [6, 6.07) is 7.37. The topological polar surface area (TPSA) is 47.4 Å². The van der Waals surface area contributed by atoms with Crippen molar-refractivity contribution in [2.24, 2.45) is 0 Å². The fraction of sp³-hybridized carbons (Fsp3) is 0.412. The van der Waals surface area contributed by atoms with Gasteiger partial charge in [-0.1, -0.05) is 0 Å². The summed E-state index contributed by atoms with van der Waals surface area (Å²) in [5, 5.41) is 0. The lowest BCUT2D eigenvalue weighted by molar-refractivity contribution is -0.141. The van der Waals surface area contributed by atoms with Gasteiger partial charge in [0, 0.05) is 24.3 Å². The maximum Gasteiger partial charge on any atom is 0.406 e. The van der Waals surface area contributed by atoms with E-state index in [0.29, 0.717) is 6.61 Å². The van der Waals surface area contributed by atoms with Crippen LogP contribution in [0.15, 0.2) is 41.6 Å². The van der Waals surface area contributed by atoms with Crippen molar-refractivity contribution >= 4 is 17.7 Å². The molecule has 1 heterocycles. The monoisotopic (exact) mass is 387 g/mol. The number of alkyl halides is 3. The summed E-state index contributed by atoms with van der Waals surface area (Å²) in [5.74, 6) is 0.955. The predicted molar refractivity (Wildman–Crippen MR) is 93.1 cm³/mol. The molecular weight excluding hydrogens is 367 g/mol. The molecule has 0 aliphatic carbocycles. The van der Waals surface area contributed by atoms with Gasteiger partial charge < -0.3 is 14.2 Å². The molecule has 0 saturated heterocycles. The molecule has 2 rings (SSSR count). The summed E-state index contributed by atoms with van der Waals surface area (Å²) in [6.07, 6.45) is -1.77. The lowest BCUT2D eigenvalue weighted by Crippen LogP contribution is -2.30. The highest BCUT2D eigenvalue weighted by Crippen LogP contribution is 2.22. The van der Waals surface area contributed by atoms with Gasteiger partial charge in [-0.3, -0.25) is 4.79 Å². The molecule has 142 valence electrons. The normalized spacial score (nSPS) is 11.4. The molecule has 0 atom stereocenters. The number of nitrogens with zero attached hydrogens (tertiary/aromatic N) is 3. The first-order valence-corrected chi connectivity index (χ1v) is 8.93. The van der Waals surface area contributed by atoms with E-state index in [1.54, 1.807) is 7.05 Å². The molecular formula is C17H20F3N3O2S. The van der Waals surface area contributed by atoms with Crippen molar-refractivity contribution in [3.8, 4) is 5.75 Å². The highest BCUT2D eigenvalue weighted by atomic mass is 32.2. The van der Waals surface area contributed by atoms with Crippen LogP contribution in [0.4, 0.5) is 13.2 Å². The first-order chi connectivity index (χ1) is 12.3. The van der Waals surface area contributed by atoms with Crippen molar-refractivity contribution in [3.63, 3.8) is 0 Å². The molecule has 26 heavy (non-hydrogen) atoms. The Balaban J connectivity index is 1.87. The summed E-state index contributed by atoms with van der Waals surface area (Å²) in [4.78, 5) is 18.4. The zero-order valence-corrected chi connectivity index (χ0v) is 15.3. The summed E-state index contributed by atoms with van der Waals surface area (Å²) < 4.78 is 44.0. The number of hydrogen-bond acceptors (Lipinski definition) is 4. The summed E-state index contributed by atoms with van der Waals surface area (Å²) in [5.41, 5.74) is 0. The van der Waals surface area contributed by atoms with E-state index in [9.17, 15) is 18.0 Å². The Kier molecular flexibility index (Phi) is 6.96. The number of amides is 1. The average molecular weight is 387 g/mol. The summed E-state index contributed by atoms with van der Waals surface area (Å²) >= 11 is 1.36. The fourth-order valence-corrected chi connectivity index (χ4v) is 3.02. The van der Waals surface area contributed by atoms with Crippen LogP contribution in [-0.2, 0) is 17.9 Å². The molecule has 2 aromatic rings. The van der Waals surface area contributed by atoms with E-state index >= 15 is 0 Å². The number of imidazole rings is 1. The average Bonchev–Trinajstić information content (AvgIpc) is 2.99. The van der Waals surface area contributed by atoms with Crippen molar-refractivity contribution in [3.05, 3.63) is 42.5 Å². The highest BCUT2D eigenvalue weighted by molar-refractivity contribution is 8.00. The zero-order valence-electron chi connectivity index (χ0n) is 14.5. The largest absolute Gasteiger partial charge is 0.494 e. The lowest BCUT2D eigenvalue weighted by Gasteiger charge is -2.18. The number of ether oxygens (including phenoxy) is 1. The predicted octanol–water partition coefficient (Wildman–Crippen LogP) is 3.59. The maximum atomic E-state index is 12.5. The first kappa shape index (κ1) is 20.2. The van der Waals surface area contributed by atoms with Crippen LogP contribution >= 0.6 is 11.8 Å². The standard InChI is InChI=1S/C17H20F3N3O2S/c1-3-25-13-4-6-14(7-5-13)26-11-16(24)22(2)10-15-21-8-9-23(15)12-17(18,19)20/h4-9H,3,10-12H2,1-2H3. The molecule has 0 unspecified atom stereocenters. The second-order valence-corrected chi connectivity index (χ2v) is 6.58. The van der Waals surface area contributed by atoms with E-state index in [4.69, 9.17) is 4.74 Å². The molecule has 0 bridgehead atoms. The van der Waals surface area contributed by atoms with Crippen molar-refractivity contribution in [2.75, 3.05) is 19.4 Å². The molecule has 5 nitrogen and oxygen atoms in total. The quantitative estimate of drug-likeness (QED) is 0.650. The van der Waals surface area contributed by atoms with Crippen LogP contribution in [0.1, 0.15) is 12.7 Å². The Morgan fingerprint density at radius 1 is 1.31 bits per heavy atom. The number of carbonyl (C=O) groups is 1.